The molecule has 0 bridgehead atoms. The molecule has 0 saturated heterocycles. The fraction of sp³-hybridized carbons (Fsp3) is 0.500. The predicted molar refractivity (Wildman–Crippen MR) is 108 cm³/mol. The molecule has 2 aromatic rings. The molecule has 0 N–H and O–H groups in total. The lowest BCUT2D eigenvalue weighted by atomic mass is 9.77. The quantitative estimate of drug-likeness (QED) is 0.327. The van der Waals surface area contributed by atoms with E-state index in [1.165, 1.54) is 6.92 Å². The predicted octanol–water partition coefficient (Wildman–Crippen LogP) is 8.09. The highest BCUT2D eigenvalue weighted by atomic mass is 19.3. The van der Waals surface area contributed by atoms with Crippen LogP contribution in [-0.4, -0.2) is 13.0 Å². The van der Waals surface area contributed by atoms with E-state index in [-0.39, 0.29) is 24.5 Å². The van der Waals surface area contributed by atoms with Crippen LogP contribution in [0.2, 0.25) is 0 Å². The summed E-state index contributed by atoms with van der Waals surface area (Å²) >= 11 is 0. The number of alkyl halides is 4. The van der Waals surface area contributed by atoms with E-state index in [0.717, 1.165) is 18.2 Å². The highest BCUT2D eigenvalue weighted by Gasteiger charge is 2.41. The van der Waals surface area contributed by atoms with E-state index in [1.54, 1.807) is 0 Å². The van der Waals surface area contributed by atoms with E-state index in [1.807, 2.05) is 0 Å². The summed E-state index contributed by atoms with van der Waals surface area (Å²) < 4.78 is 120. The third-order valence-electron chi connectivity index (χ3n) is 6.05. The summed E-state index contributed by atoms with van der Waals surface area (Å²) in [7, 11) is 0. The molecule has 1 aliphatic carbocycles. The highest BCUT2D eigenvalue weighted by Crippen LogP contribution is 2.42. The molecule has 0 atom stereocenters. The molecular formula is C24H24F8O2. The Labute approximate surface area is 191 Å². The molecule has 188 valence electrons. The Kier molecular flexibility index (Phi) is 8.30. The normalized spacial score (nSPS) is 18.9. The van der Waals surface area contributed by atoms with Crippen molar-refractivity contribution in [1.82, 2.24) is 0 Å². The lowest BCUT2D eigenvalue weighted by Crippen LogP contribution is -2.25. The van der Waals surface area contributed by atoms with Crippen LogP contribution in [0.1, 0.15) is 62.5 Å². The molecule has 0 aliphatic heterocycles. The monoisotopic (exact) mass is 496 g/mol. The Bertz CT molecular complexity index is 987. The van der Waals surface area contributed by atoms with E-state index in [4.69, 9.17) is 4.74 Å². The Morgan fingerprint density at radius 2 is 1.47 bits per heavy atom. The second kappa shape index (κ2) is 10.8. The first-order valence-corrected chi connectivity index (χ1v) is 11.0. The van der Waals surface area contributed by atoms with Crippen LogP contribution in [0.15, 0.2) is 24.3 Å². The minimum absolute atomic E-state index is 0.0289. The molecule has 2 aromatic carbocycles. The van der Waals surface area contributed by atoms with Crippen LogP contribution >= 0.6 is 0 Å². The van der Waals surface area contributed by atoms with Crippen LogP contribution in [0.5, 0.6) is 11.5 Å². The fourth-order valence-electron chi connectivity index (χ4n) is 4.28. The van der Waals surface area contributed by atoms with Crippen molar-refractivity contribution in [2.75, 3.05) is 6.61 Å². The van der Waals surface area contributed by atoms with Crippen LogP contribution in [0, 0.1) is 29.2 Å². The van der Waals surface area contributed by atoms with Gasteiger partial charge in [0, 0.05) is 6.42 Å². The number of benzene rings is 2. The van der Waals surface area contributed by atoms with Gasteiger partial charge in [0.1, 0.15) is 5.56 Å². The van der Waals surface area contributed by atoms with Gasteiger partial charge in [-0.1, -0.05) is 6.07 Å². The van der Waals surface area contributed by atoms with Crippen LogP contribution in [0.3, 0.4) is 0 Å². The fourth-order valence-corrected chi connectivity index (χ4v) is 4.28. The Hall–Kier alpha value is -2.52. The molecule has 0 aromatic heterocycles. The summed E-state index contributed by atoms with van der Waals surface area (Å²) in [4.78, 5) is 0. The zero-order chi connectivity index (χ0) is 25.0. The third-order valence-corrected chi connectivity index (χ3v) is 6.05. The Morgan fingerprint density at radius 1 is 0.853 bits per heavy atom. The summed E-state index contributed by atoms with van der Waals surface area (Å²) in [5.74, 6) is -8.71. The maximum absolute atomic E-state index is 14.7. The zero-order valence-electron chi connectivity index (χ0n) is 18.3. The van der Waals surface area contributed by atoms with Crippen molar-refractivity contribution in [3.8, 4) is 11.5 Å². The Morgan fingerprint density at radius 3 is 2.09 bits per heavy atom. The SMILES string of the molecule is CCOc1ccc(C(F)(F)Oc2ccc(C3CCC(CCC(F)F)CC3)c(F)c2F)c(F)c1F. The molecular weight excluding hydrogens is 472 g/mol. The van der Waals surface area contributed by atoms with Gasteiger partial charge in [0.2, 0.25) is 18.1 Å². The molecule has 0 unspecified atom stereocenters. The standard InChI is InChI=1S/C24H24F8O2/c1-2-33-17-11-9-16(21(28)22(17)29)24(31,32)34-18-10-8-15(20(27)23(18)30)14-6-3-13(4-7-14)5-12-19(25)26/h8-11,13-14,19H,2-7,12H2,1H3. The van der Waals surface area contributed by atoms with Crippen molar-refractivity contribution in [1.29, 1.82) is 0 Å². The summed E-state index contributed by atoms with van der Waals surface area (Å²) in [6.07, 6.45) is -4.73. The first kappa shape index (κ1) is 26.1. The molecule has 34 heavy (non-hydrogen) atoms. The second-order valence-corrected chi connectivity index (χ2v) is 8.26. The van der Waals surface area contributed by atoms with Crippen LogP contribution in [0.25, 0.3) is 0 Å². The van der Waals surface area contributed by atoms with Crippen molar-refractivity contribution in [3.05, 3.63) is 58.7 Å². The average molecular weight is 496 g/mol. The molecule has 0 amide bonds. The molecule has 2 nitrogen and oxygen atoms in total. The van der Waals surface area contributed by atoms with Gasteiger partial charge in [0.25, 0.3) is 0 Å². The van der Waals surface area contributed by atoms with Crippen LogP contribution in [-0.2, 0) is 6.11 Å². The van der Waals surface area contributed by atoms with E-state index >= 15 is 0 Å². The van der Waals surface area contributed by atoms with Gasteiger partial charge in [0.05, 0.1) is 6.61 Å². The molecule has 0 spiro atoms. The van der Waals surface area contributed by atoms with Crippen molar-refractivity contribution in [2.24, 2.45) is 5.92 Å². The zero-order valence-corrected chi connectivity index (χ0v) is 18.3. The van der Waals surface area contributed by atoms with Gasteiger partial charge in [-0.2, -0.15) is 17.6 Å². The van der Waals surface area contributed by atoms with Gasteiger partial charge >= 0.3 is 6.11 Å². The van der Waals surface area contributed by atoms with Gasteiger partial charge in [-0.3, -0.25) is 0 Å². The highest BCUT2D eigenvalue weighted by molar-refractivity contribution is 5.36. The van der Waals surface area contributed by atoms with Crippen LogP contribution in [0.4, 0.5) is 35.1 Å². The van der Waals surface area contributed by atoms with Gasteiger partial charge in [-0.25, -0.2) is 17.6 Å². The molecule has 10 heteroatoms. The van der Waals surface area contributed by atoms with E-state index in [0.29, 0.717) is 38.2 Å². The summed E-state index contributed by atoms with van der Waals surface area (Å²) in [5.41, 5.74) is -1.53. The molecule has 1 fully saturated rings. The largest absolute Gasteiger partial charge is 0.491 e. The van der Waals surface area contributed by atoms with Gasteiger partial charge in [-0.15, -0.1) is 0 Å². The lowest BCUT2D eigenvalue weighted by Gasteiger charge is -2.29. The first-order chi connectivity index (χ1) is 16.0. The van der Waals surface area contributed by atoms with E-state index in [9.17, 15) is 35.1 Å². The van der Waals surface area contributed by atoms with Gasteiger partial charge in [-0.05, 0) is 74.6 Å². The van der Waals surface area contributed by atoms with E-state index in [2.05, 4.69) is 4.74 Å². The molecule has 1 saturated carbocycles. The number of rotatable bonds is 9. The third kappa shape index (κ3) is 5.75. The Balaban J connectivity index is 1.75. The molecule has 0 radical (unpaired) electrons. The van der Waals surface area contributed by atoms with Gasteiger partial charge in [0.15, 0.2) is 23.1 Å². The van der Waals surface area contributed by atoms with Crippen molar-refractivity contribution >= 4 is 0 Å². The first-order valence-electron chi connectivity index (χ1n) is 11.0. The summed E-state index contributed by atoms with van der Waals surface area (Å²) in [5, 5.41) is 0. The summed E-state index contributed by atoms with van der Waals surface area (Å²) in [6, 6.07) is 3.25. The molecule has 1 aliphatic rings. The maximum atomic E-state index is 14.7. The minimum Gasteiger partial charge on any atom is -0.491 e. The topological polar surface area (TPSA) is 18.5 Å². The lowest BCUT2D eigenvalue weighted by molar-refractivity contribution is -0.189. The minimum atomic E-state index is -4.51. The van der Waals surface area contributed by atoms with Crippen molar-refractivity contribution < 1.29 is 44.6 Å². The smallest absolute Gasteiger partial charge is 0.429 e. The maximum Gasteiger partial charge on any atom is 0.429 e. The molecule has 3 rings (SSSR count). The molecule has 0 heterocycles. The van der Waals surface area contributed by atoms with Crippen LogP contribution < -0.4 is 9.47 Å². The van der Waals surface area contributed by atoms with E-state index < -0.39 is 58.8 Å². The number of halogens is 8. The second-order valence-electron chi connectivity index (χ2n) is 8.26. The number of hydrogen-bond acceptors (Lipinski definition) is 2. The number of hydrogen-bond donors (Lipinski definition) is 0. The van der Waals surface area contributed by atoms with Gasteiger partial charge < -0.3 is 9.47 Å². The van der Waals surface area contributed by atoms with Crippen molar-refractivity contribution in [3.63, 3.8) is 0 Å². The van der Waals surface area contributed by atoms with Crippen molar-refractivity contribution in [2.45, 2.75) is 63.9 Å². The summed E-state index contributed by atoms with van der Waals surface area (Å²) in [6.45, 7) is 1.46. The average Bonchev–Trinajstić information content (AvgIpc) is 2.79. The number of ether oxygens (including phenoxy) is 2.